The lowest BCUT2D eigenvalue weighted by molar-refractivity contribution is -0.385. The predicted octanol–water partition coefficient (Wildman–Crippen LogP) is 1.53. The van der Waals surface area contributed by atoms with Crippen LogP contribution < -0.4 is 0 Å². The summed E-state index contributed by atoms with van der Waals surface area (Å²) in [6.07, 6.45) is 0. The normalized spacial score (nSPS) is 11.8. The molecule has 1 atom stereocenters. The quantitative estimate of drug-likeness (QED) is 0.652. The smallest absolute Gasteiger partial charge is 0.308 e. The number of carbonyl (C=O) groups is 2. The fourth-order valence-corrected chi connectivity index (χ4v) is 1.62. The van der Waals surface area contributed by atoms with Crippen LogP contribution >= 0.6 is 0 Å². The molecule has 1 amide bonds. The summed E-state index contributed by atoms with van der Waals surface area (Å²) >= 11 is 0. The van der Waals surface area contributed by atoms with Crippen LogP contribution in [0.1, 0.15) is 17.3 Å². The number of nitro benzene ring substituents is 1. The third-order valence-electron chi connectivity index (χ3n) is 2.70. The number of rotatable bonds is 5. The van der Waals surface area contributed by atoms with E-state index in [4.69, 9.17) is 5.11 Å². The number of amides is 1. The number of aliphatic carboxylic acids is 1. The molecule has 0 bridgehead atoms. The van der Waals surface area contributed by atoms with Crippen molar-refractivity contribution in [2.24, 2.45) is 5.92 Å². The molecule has 0 aromatic heterocycles. The molecule has 0 spiro atoms. The van der Waals surface area contributed by atoms with E-state index in [1.54, 1.807) is 0 Å². The Balaban J connectivity index is 3.05. The maximum absolute atomic E-state index is 13.1. The molecule has 1 aromatic rings. The number of nitrogens with zero attached hydrogens (tertiary/aromatic N) is 2. The van der Waals surface area contributed by atoms with Crippen molar-refractivity contribution in [2.45, 2.75) is 6.92 Å². The van der Waals surface area contributed by atoms with Crippen molar-refractivity contribution in [3.63, 3.8) is 0 Å². The summed E-state index contributed by atoms with van der Waals surface area (Å²) in [7, 11) is 1.30. The average Bonchev–Trinajstić information content (AvgIpc) is 2.36. The van der Waals surface area contributed by atoms with Gasteiger partial charge in [-0.05, 0) is 12.1 Å². The highest BCUT2D eigenvalue weighted by molar-refractivity contribution is 5.98. The van der Waals surface area contributed by atoms with Crippen LogP contribution in [0.3, 0.4) is 0 Å². The molecule has 0 aliphatic rings. The Morgan fingerprint density at radius 1 is 1.50 bits per heavy atom. The first-order valence-electron chi connectivity index (χ1n) is 5.66. The number of carbonyl (C=O) groups excluding carboxylic acids is 1. The molecule has 1 aromatic carbocycles. The molecule has 1 unspecified atom stereocenters. The highest BCUT2D eigenvalue weighted by Gasteiger charge is 2.25. The van der Waals surface area contributed by atoms with E-state index in [0.717, 1.165) is 23.1 Å². The molecular weight excluding hydrogens is 271 g/mol. The second-order valence-electron chi connectivity index (χ2n) is 4.34. The first-order chi connectivity index (χ1) is 9.23. The van der Waals surface area contributed by atoms with E-state index >= 15 is 0 Å². The molecule has 7 nitrogen and oxygen atoms in total. The summed E-state index contributed by atoms with van der Waals surface area (Å²) < 4.78 is 13.1. The Morgan fingerprint density at radius 3 is 2.60 bits per heavy atom. The van der Waals surface area contributed by atoms with Gasteiger partial charge in [0.05, 0.1) is 10.8 Å². The Morgan fingerprint density at radius 2 is 2.10 bits per heavy atom. The van der Waals surface area contributed by atoms with Gasteiger partial charge in [-0.25, -0.2) is 4.39 Å². The van der Waals surface area contributed by atoms with Crippen molar-refractivity contribution in [3.05, 3.63) is 39.7 Å². The van der Waals surface area contributed by atoms with E-state index in [1.165, 1.54) is 14.0 Å². The zero-order chi connectivity index (χ0) is 15.4. The molecule has 0 radical (unpaired) electrons. The van der Waals surface area contributed by atoms with E-state index in [9.17, 15) is 24.1 Å². The number of nitro groups is 1. The van der Waals surface area contributed by atoms with Crippen molar-refractivity contribution in [1.29, 1.82) is 0 Å². The molecule has 1 rings (SSSR count). The Bertz CT molecular complexity index is 561. The summed E-state index contributed by atoms with van der Waals surface area (Å²) in [6, 6.07) is 2.55. The van der Waals surface area contributed by atoms with E-state index in [0.29, 0.717) is 0 Å². The Hall–Kier alpha value is -2.51. The molecule has 0 aliphatic heterocycles. The summed E-state index contributed by atoms with van der Waals surface area (Å²) in [5, 5.41) is 19.6. The second kappa shape index (κ2) is 6.09. The molecule has 8 heteroatoms. The van der Waals surface area contributed by atoms with E-state index in [-0.39, 0.29) is 6.54 Å². The minimum absolute atomic E-state index is 0.137. The van der Waals surface area contributed by atoms with Gasteiger partial charge in [0.25, 0.3) is 11.6 Å². The third-order valence-corrected chi connectivity index (χ3v) is 2.70. The van der Waals surface area contributed by atoms with Crippen LogP contribution in [0.5, 0.6) is 0 Å². The van der Waals surface area contributed by atoms with Crippen molar-refractivity contribution < 1.29 is 24.0 Å². The minimum atomic E-state index is -1.10. The van der Waals surface area contributed by atoms with Crippen molar-refractivity contribution in [2.75, 3.05) is 13.6 Å². The van der Waals surface area contributed by atoms with Gasteiger partial charge in [-0.15, -0.1) is 0 Å². The lowest BCUT2D eigenvalue weighted by Crippen LogP contribution is -2.34. The van der Waals surface area contributed by atoms with Crippen LogP contribution in [0, 0.1) is 21.8 Å². The fraction of sp³-hybridized carbons (Fsp3) is 0.333. The molecule has 1 N–H and O–H groups in total. The van der Waals surface area contributed by atoms with Gasteiger partial charge in [-0.2, -0.15) is 0 Å². The monoisotopic (exact) mass is 284 g/mol. The first kappa shape index (κ1) is 15.5. The highest BCUT2D eigenvalue weighted by Crippen LogP contribution is 2.21. The van der Waals surface area contributed by atoms with Crippen molar-refractivity contribution in [1.82, 2.24) is 4.90 Å². The molecule has 0 heterocycles. The van der Waals surface area contributed by atoms with Crippen LogP contribution in [0.25, 0.3) is 0 Å². The molecule has 0 saturated carbocycles. The van der Waals surface area contributed by atoms with Gasteiger partial charge in [-0.3, -0.25) is 19.7 Å². The van der Waals surface area contributed by atoms with E-state index in [1.807, 2.05) is 0 Å². The first-order valence-corrected chi connectivity index (χ1v) is 5.66. The number of halogens is 1. The average molecular weight is 284 g/mol. The third kappa shape index (κ3) is 3.50. The maximum atomic E-state index is 13.1. The van der Waals surface area contributed by atoms with Gasteiger partial charge in [0, 0.05) is 19.7 Å². The maximum Gasteiger partial charge on any atom is 0.308 e. The lowest BCUT2D eigenvalue weighted by Gasteiger charge is -2.19. The molecule has 0 fully saturated rings. The second-order valence-corrected chi connectivity index (χ2v) is 4.34. The summed E-state index contributed by atoms with van der Waals surface area (Å²) in [5.74, 6) is -3.52. The summed E-state index contributed by atoms with van der Waals surface area (Å²) in [4.78, 5) is 33.8. The lowest BCUT2D eigenvalue weighted by atomic mass is 10.1. The molecule has 108 valence electrons. The fourth-order valence-electron chi connectivity index (χ4n) is 1.62. The summed E-state index contributed by atoms with van der Waals surface area (Å²) in [5.41, 5.74) is -0.929. The highest BCUT2D eigenvalue weighted by atomic mass is 19.1. The van der Waals surface area contributed by atoms with Gasteiger partial charge >= 0.3 is 5.97 Å². The zero-order valence-corrected chi connectivity index (χ0v) is 10.9. The molecule has 0 aliphatic carbocycles. The SMILES string of the molecule is CC(CN(C)C(=O)c1cc(F)ccc1[N+](=O)[O-])C(=O)O. The summed E-state index contributed by atoms with van der Waals surface area (Å²) in [6.45, 7) is 1.26. The minimum Gasteiger partial charge on any atom is -0.481 e. The van der Waals surface area contributed by atoms with E-state index < -0.39 is 39.8 Å². The van der Waals surface area contributed by atoms with Crippen molar-refractivity contribution in [3.8, 4) is 0 Å². The molecular formula is C12H13FN2O5. The Kier molecular flexibility index (Phi) is 4.73. The molecule has 20 heavy (non-hydrogen) atoms. The van der Waals surface area contributed by atoms with Crippen LogP contribution in [-0.2, 0) is 4.79 Å². The topological polar surface area (TPSA) is 101 Å². The number of carboxylic acid groups (broad SMARTS) is 1. The standard InChI is InChI=1S/C12H13FN2O5/c1-7(12(17)18)6-14(2)11(16)9-5-8(13)3-4-10(9)15(19)20/h3-5,7H,6H2,1-2H3,(H,17,18). The molecule has 0 saturated heterocycles. The number of carboxylic acids is 1. The number of hydrogen-bond acceptors (Lipinski definition) is 4. The van der Waals surface area contributed by atoms with Crippen LogP contribution in [0.2, 0.25) is 0 Å². The number of hydrogen-bond donors (Lipinski definition) is 1. The van der Waals surface area contributed by atoms with Gasteiger partial charge in [0.2, 0.25) is 0 Å². The number of benzene rings is 1. The van der Waals surface area contributed by atoms with Gasteiger partial charge < -0.3 is 10.0 Å². The van der Waals surface area contributed by atoms with Crippen molar-refractivity contribution >= 4 is 17.6 Å². The van der Waals surface area contributed by atoms with Gasteiger partial charge in [0.15, 0.2) is 0 Å². The van der Waals surface area contributed by atoms with Crippen LogP contribution in [0.15, 0.2) is 18.2 Å². The zero-order valence-electron chi connectivity index (χ0n) is 10.9. The van der Waals surface area contributed by atoms with Gasteiger partial charge in [-0.1, -0.05) is 6.92 Å². The predicted molar refractivity (Wildman–Crippen MR) is 66.8 cm³/mol. The largest absolute Gasteiger partial charge is 0.481 e. The van der Waals surface area contributed by atoms with Crippen LogP contribution in [-0.4, -0.2) is 40.4 Å². The van der Waals surface area contributed by atoms with Gasteiger partial charge in [0.1, 0.15) is 11.4 Å². The van der Waals surface area contributed by atoms with E-state index in [2.05, 4.69) is 0 Å². The Labute approximate surface area is 113 Å². The van der Waals surface area contributed by atoms with Crippen LogP contribution in [0.4, 0.5) is 10.1 Å².